The third kappa shape index (κ3) is 9.66. The van der Waals surface area contributed by atoms with Crippen LogP contribution in [-0.4, -0.2) is 99.2 Å². The van der Waals surface area contributed by atoms with E-state index in [-0.39, 0.29) is 17.3 Å². The van der Waals surface area contributed by atoms with Gasteiger partial charge < -0.3 is 25.3 Å². The van der Waals surface area contributed by atoms with E-state index in [0.717, 1.165) is 56.2 Å². The molecule has 224 valence electrons. The van der Waals surface area contributed by atoms with Crippen molar-refractivity contribution in [3.8, 4) is 0 Å². The van der Waals surface area contributed by atoms with Gasteiger partial charge in [-0.1, -0.05) is 24.6 Å². The summed E-state index contributed by atoms with van der Waals surface area (Å²) >= 11 is 5.96. The zero-order valence-corrected chi connectivity index (χ0v) is 24.1. The molecule has 0 spiro atoms. The van der Waals surface area contributed by atoms with Gasteiger partial charge in [-0.25, -0.2) is 15.0 Å². The summed E-state index contributed by atoms with van der Waals surface area (Å²) in [6.45, 7) is 5.83. The highest BCUT2D eigenvalue weighted by atomic mass is 35.5. The third-order valence-electron chi connectivity index (χ3n) is 6.50. The lowest BCUT2D eigenvalue weighted by atomic mass is 10.1. The summed E-state index contributed by atoms with van der Waals surface area (Å²) in [5.74, 6) is -0.0581. The van der Waals surface area contributed by atoms with E-state index in [1.807, 2.05) is 24.9 Å². The maximum absolute atomic E-state index is 12.9. The minimum atomic E-state index is -4.54. The molecular weight excluding hydrogens is 563 g/mol. The predicted molar refractivity (Wildman–Crippen MR) is 153 cm³/mol. The number of nitrogens with zero attached hydrogens (tertiary/aromatic N) is 5. The Hall–Kier alpha value is -3.26. The topological polar surface area (TPSA) is 102 Å². The monoisotopic (exact) mass is 597 g/mol. The van der Waals surface area contributed by atoms with Crippen LogP contribution in [0, 0.1) is 0 Å². The molecule has 2 N–H and O–H groups in total. The average Bonchev–Trinajstić information content (AvgIpc) is 2.93. The van der Waals surface area contributed by atoms with Crippen LogP contribution >= 0.6 is 11.6 Å². The molecule has 0 bridgehead atoms. The number of hydrogen-bond donors (Lipinski definition) is 2. The Morgan fingerprint density at radius 2 is 1.98 bits per heavy atom. The molecule has 0 radical (unpaired) electrons. The van der Waals surface area contributed by atoms with Crippen molar-refractivity contribution in [3.05, 3.63) is 51.8 Å². The van der Waals surface area contributed by atoms with Crippen molar-refractivity contribution < 1.29 is 27.5 Å². The van der Waals surface area contributed by atoms with Gasteiger partial charge in [0.05, 0.1) is 47.4 Å². The summed E-state index contributed by atoms with van der Waals surface area (Å²) in [6, 6.07) is 2.73. The van der Waals surface area contributed by atoms with Crippen LogP contribution in [0.1, 0.15) is 25.3 Å². The predicted octanol–water partition coefficient (Wildman–Crippen LogP) is 3.58. The number of hydrazine groups is 1. The van der Waals surface area contributed by atoms with Crippen molar-refractivity contribution in [2.75, 3.05) is 65.3 Å². The van der Waals surface area contributed by atoms with E-state index in [0.29, 0.717) is 43.3 Å². The maximum Gasteiger partial charge on any atom is 0.416 e. The van der Waals surface area contributed by atoms with E-state index < -0.39 is 17.6 Å². The van der Waals surface area contributed by atoms with Gasteiger partial charge in [-0.05, 0) is 43.7 Å². The van der Waals surface area contributed by atoms with Gasteiger partial charge in [0.2, 0.25) is 5.91 Å². The van der Waals surface area contributed by atoms with Gasteiger partial charge in [0, 0.05) is 33.2 Å². The van der Waals surface area contributed by atoms with Crippen molar-refractivity contribution in [1.29, 1.82) is 0 Å². The van der Waals surface area contributed by atoms with E-state index in [1.165, 1.54) is 11.3 Å². The Bertz CT molecular complexity index is 1210. The molecule has 1 saturated heterocycles. The van der Waals surface area contributed by atoms with Gasteiger partial charge in [0.15, 0.2) is 6.29 Å². The molecule has 0 aliphatic carbocycles. The van der Waals surface area contributed by atoms with Gasteiger partial charge in [0.25, 0.3) is 0 Å². The normalized spacial score (nSPS) is 17.9. The lowest BCUT2D eigenvalue weighted by molar-refractivity contribution is -0.137. The number of ether oxygens (including phenoxy) is 1. The number of nitrogens with one attached hydrogen (secondary N) is 2. The zero-order chi connectivity index (χ0) is 30.0. The van der Waals surface area contributed by atoms with Gasteiger partial charge in [0.1, 0.15) is 12.2 Å². The molecule has 0 unspecified atom stereocenters. The van der Waals surface area contributed by atoms with E-state index in [4.69, 9.17) is 16.3 Å². The summed E-state index contributed by atoms with van der Waals surface area (Å²) < 4.78 is 44.1. The van der Waals surface area contributed by atoms with Crippen LogP contribution in [0.15, 0.2) is 51.2 Å². The lowest BCUT2D eigenvalue weighted by Crippen LogP contribution is -2.44. The summed E-state index contributed by atoms with van der Waals surface area (Å²) in [5.41, 5.74) is 4.26. The van der Waals surface area contributed by atoms with E-state index in [9.17, 15) is 22.8 Å². The number of piperazine rings is 1. The number of halogens is 4. The molecule has 41 heavy (non-hydrogen) atoms. The van der Waals surface area contributed by atoms with Crippen LogP contribution in [-0.2, 0) is 20.5 Å². The fraction of sp³-hybridized carbons (Fsp3) is 0.481. The molecule has 0 saturated carbocycles. The average molecular weight is 598 g/mol. The fourth-order valence-corrected chi connectivity index (χ4v) is 4.44. The first-order valence-corrected chi connectivity index (χ1v) is 13.5. The highest BCUT2D eigenvalue weighted by molar-refractivity contribution is 6.33. The first kappa shape index (κ1) is 32.3. The Morgan fingerprint density at radius 1 is 1.24 bits per heavy atom. The Kier molecular flexibility index (Phi) is 11.9. The van der Waals surface area contributed by atoms with Crippen LogP contribution in [0.4, 0.5) is 18.9 Å². The molecule has 14 heteroatoms. The molecule has 3 rings (SSSR count). The van der Waals surface area contributed by atoms with Crippen molar-refractivity contribution in [2.24, 2.45) is 9.98 Å². The van der Waals surface area contributed by atoms with Gasteiger partial charge >= 0.3 is 6.18 Å². The number of hydrogen-bond acceptors (Lipinski definition) is 7. The summed E-state index contributed by atoms with van der Waals surface area (Å²) in [4.78, 5) is 37.8. The molecule has 2 aliphatic rings. The van der Waals surface area contributed by atoms with Crippen molar-refractivity contribution in [1.82, 2.24) is 20.2 Å². The number of aldehydes is 1. The highest BCUT2D eigenvalue weighted by Crippen LogP contribution is 2.33. The van der Waals surface area contributed by atoms with Gasteiger partial charge in [-0.15, -0.1) is 0 Å². The molecule has 1 fully saturated rings. The molecule has 0 aromatic heterocycles. The molecule has 1 amide bonds. The van der Waals surface area contributed by atoms with Gasteiger partial charge in [-0.3, -0.25) is 9.59 Å². The minimum absolute atomic E-state index is 0.0662. The van der Waals surface area contributed by atoms with Crippen LogP contribution in [0.5, 0.6) is 0 Å². The Morgan fingerprint density at radius 3 is 2.56 bits per heavy atom. The number of rotatable bonds is 10. The van der Waals surface area contributed by atoms with Crippen LogP contribution in [0.25, 0.3) is 0 Å². The second kappa shape index (κ2) is 15.1. The second-order valence-electron chi connectivity index (χ2n) is 9.58. The first-order chi connectivity index (χ1) is 19.5. The van der Waals surface area contributed by atoms with Crippen LogP contribution < -0.4 is 10.7 Å². The molecule has 2 heterocycles. The summed E-state index contributed by atoms with van der Waals surface area (Å²) in [7, 11) is 3.66. The number of amidine groups is 1. The number of benzene rings is 1. The molecular formula is C27H35ClF3N7O3. The minimum Gasteiger partial charge on any atom is -0.377 e. The largest absolute Gasteiger partial charge is 0.416 e. The van der Waals surface area contributed by atoms with E-state index in [2.05, 4.69) is 25.6 Å². The summed E-state index contributed by atoms with van der Waals surface area (Å²) in [6.07, 6.45) is 0.669. The first-order valence-electron chi connectivity index (χ1n) is 13.2. The lowest BCUT2D eigenvalue weighted by Gasteiger charge is -2.34. The Balaban J connectivity index is 1.72. The Labute approximate surface area is 242 Å². The number of alkyl halides is 3. The number of likely N-dealkylation sites (N-methyl/N-ethyl adjacent to an activating group) is 2. The zero-order valence-electron chi connectivity index (χ0n) is 23.3. The summed E-state index contributed by atoms with van der Waals surface area (Å²) in [5, 5.41) is 3.78. The van der Waals surface area contributed by atoms with E-state index in [1.54, 1.807) is 7.05 Å². The quantitative estimate of drug-likeness (QED) is 0.140. The fourth-order valence-electron chi connectivity index (χ4n) is 4.21. The molecule has 1 aromatic rings. The smallest absolute Gasteiger partial charge is 0.377 e. The second-order valence-corrected chi connectivity index (χ2v) is 9.99. The maximum atomic E-state index is 12.9. The highest BCUT2D eigenvalue weighted by Gasteiger charge is 2.31. The van der Waals surface area contributed by atoms with E-state index >= 15 is 0 Å². The number of anilines is 1. The number of carbonyl (C=O) groups excluding carboxylic acids is 2. The standard InChI is InChI=1S/C27H35ClF3N7O3/c1-4-22(24(17-39)38-11-9-36(2)10-12-38)32-18-33-26(19-7-13-41-14-8-19)35-37(3)16-25(40)34-23-6-5-20(15-21(23)28)27(29,30)31/h5-7,15,17-18H,4,8-14,16H2,1-3H3,(H,34,40)(H,32,33,35)/b24-22+. The van der Waals surface area contributed by atoms with Crippen molar-refractivity contribution >= 4 is 41.7 Å². The van der Waals surface area contributed by atoms with Crippen LogP contribution in [0.2, 0.25) is 5.02 Å². The van der Waals surface area contributed by atoms with Crippen molar-refractivity contribution in [3.63, 3.8) is 0 Å². The molecule has 1 aromatic carbocycles. The molecule has 0 atom stereocenters. The number of allylic oxidation sites excluding steroid dienone is 2. The number of carbonyl (C=O) groups is 2. The van der Waals surface area contributed by atoms with Crippen LogP contribution in [0.3, 0.4) is 0 Å². The molecule has 10 nitrogen and oxygen atoms in total. The number of aliphatic imine (C=N–C) groups is 2. The number of amides is 1. The van der Waals surface area contributed by atoms with Gasteiger partial charge in [-0.2, -0.15) is 13.2 Å². The van der Waals surface area contributed by atoms with Crippen molar-refractivity contribution in [2.45, 2.75) is 25.9 Å². The third-order valence-corrected chi connectivity index (χ3v) is 6.81. The SMILES string of the molecule is CC/C(N=CN=C(NN(C)CC(=O)Nc1ccc(C(F)(F)F)cc1Cl)C1=CCOCC1)=C(/C=O)N1CCN(C)CC1. The molecule has 2 aliphatic heterocycles.